The van der Waals surface area contributed by atoms with E-state index in [4.69, 9.17) is 5.26 Å². The first-order valence-corrected chi connectivity index (χ1v) is 5.08. The highest BCUT2D eigenvalue weighted by molar-refractivity contribution is 5.09. The molecule has 0 aromatic carbocycles. The Labute approximate surface area is 90.9 Å². The highest BCUT2D eigenvalue weighted by Gasteiger charge is 2.18. The average Bonchev–Trinajstić information content (AvgIpc) is 2.61. The molecular formula is C11H18N4. The van der Waals surface area contributed by atoms with E-state index in [9.17, 15) is 0 Å². The largest absolute Gasteiger partial charge is 0.309 e. The van der Waals surface area contributed by atoms with Crippen molar-refractivity contribution in [1.82, 2.24) is 15.1 Å². The van der Waals surface area contributed by atoms with Crippen LogP contribution in [0, 0.1) is 16.7 Å². The zero-order valence-electron chi connectivity index (χ0n) is 9.78. The maximum absolute atomic E-state index is 8.88. The topological polar surface area (TPSA) is 53.6 Å². The molecule has 0 bridgehead atoms. The van der Waals surface area contributed by atoms with Gasteiger partial charge in [0.05, 0.1) is 17.7 Å². The number of aryl methyl sites for hydroxylation is 1. The standard InChI is InChI=1S/C11H18N4/c1-9(10-5-14-15(4)6-10)13-8-11(2,3)7-12/h5-6,9,13H,8H2,1-4H3. The van der Waals surface area contributed by atoms with Gasteiger partial charge in [-0.15, -0.1) is 0 Å². The summed E-state index contributed by atoms with van der Waals surface area (Å²) in [6.07, 6.45) is 3.83. The van der Waals surface area contributed by atoms with Crippen molar-refractivity contribution in [3.8, 4) is 6.07 Å². The van der Waals surface area contributed by atoms with E-state index >= 15 is 0 Å². The Bertz CT molecular complexity index is 359. The molecule has 1 unspecified atom stereocenters. The maximum Gasteiger partial charge on any atom is 0.0697 e. The summed E-state index contributed by atoms with van der Waals surface area (Å²) >= 11 is 0. The Morgan fingerprint density at radius 2 is 2.33 bits per heavy atom. The van der Waals surface area contributed by atoms with Gasteiger partial charge in [-0.3, -0.25) is 4.68 Å². The summed E-state index contributed by atoms with van der Waals surface area (Å²) in [7, 11) is 1.90. The molecule has 82 valence electrons. The summed E-state index contributed by atoms with van der Waals surface area (Å²) in [6.45, 7) is 6.61. The molecule has 0 radical (unpaired) electrons. The fourth-order valence-corrected chi connectivity index (χ4v) is 1.23. The zero-order valence-corrected chi connectivity index (χ0v) is 9.78. The van der Waals surface area contributed by atoms with E-state index in [1.54, 1.807) is 4.68 Å². The Hall–Kier alpha value is -1.34. The quantitative estimate of drug-likeness (QED) is 0.814. The van der Waals surface area contributed by atoms with E-state index in [-0.39, 0.29) is 11.5 Å². The lowest BCUT2D eigenvalue weighted by Crippen LogP contribution is -2.30. The first-order chi connectivity index (χ1) is 6.94. The van der Waals surface area contributed by atoms with Crippen LogP contribution in [0.5, 0.6) is 0 Å². The second-order valence-corrected chi connectivity index (χ2v) is 4.55. The van der Waals surface area contributed by atoms with Gasteiger partial charge in [-0.1, -0.05) is 0 Å². The number of nitrogens with one attached hydrogen (secondary N) is 1. The molecule has 0 fully saturated rings. The number of nitrogens with zero attached hydrogens (tertiary/aromatic N) is 3. The van der Waals surface area contributed by atoms with Crippen LogP contribution >= 0.6 is 0 Å². The van der Waals surface area contributed by atoms with Crippen LogP contribution in [0.3, 0.4) is 0 Å². The van der Waals surface area contributed by atoms with Crippen LogP contribution in [0.2, 0.25) is 0 Å². The fourth-order valence-electron chi connectivity index (χ4n) is 1.23. The lowest BCUT2D eigenvalue weighted by molar-refractivity contribution is 0.415. The number of aromatic nitrogens is 2. The minimum Gasteiger partial charge on any atom is -0.309 e. The van der Waals surface area contributed by atoms with Crippen LogP contribution in [0.25, 0.3) is 0 Å². The SMILES string of the molecule is CC(NCC(C)(C)C#N)c1cnn(C)c1. The van der Waals surface area contributed by atoms with E-state index in [2.05, 4.69) is 23.4 Å². The zero-order chi connectivity index (χ0) is 11.5. The number of hydrogen-bond acceptors (Lipinski definition) is 3. The minimum absolute atomic E-state index is 0.228. The summed E-state index contributed by atoms with van der Waals surface area (Å²) in [4.78, 5) is 0. The van der Waals surface area contributed by atoms with Gasteiger partial charge in [0.15, 0.2) is 0 Å². The van der Waals surface area contributed by atoms with Gasteiger partial charge in [-0.25, -0.2) is 0 Å². The van der Waals surface area contributed by atoms with Crippen molar-refractivity contribution in [3.63, 3.8) is 0 Å². The maximum atomic E-state index is 8.88. The molecule has 1 aromatic rings. The Morgan fingerprint density at radius 3 is 2.80 bits per heavy atom. The van der Waals surface area contributed by atoms with Crippen LogP contribution in [-0.4, -0.2) is 16.3 Å². The number of nitriles is 1. The smallest absolute Gasteiger partial charge is 0.0697 e. The Kier molecular flexibility index (Phi) is 3.48. The van der Waals surface area contributed by atoms with Crippen LogP contribution in [-0.2, 0) is 7.05 Å². The molecule has 0 aliphatic heterocycles. The molecule has 0 aliphatic rings. The van der Waals surface area contributed by atoms with Crippen molar-refractivity contribution < 1.29 is 0 Å². The second kappa shape index (κ2) is 4.45. The van der Waals surface area contributed by atoms with E-state index in [0.717, 1.165) is 5.56 Å². The average molecular weight is 206 g/mol. The van der Waals surface area contributed by atoms with Crippen LogP contribution in [0.15, 0.2) is 12.4 Å². The van der Waals surface area contributed by atoms with Gasteiger partial charge in [-0.2, -0.15) is 10.4 Å². The van der Waals surface area contributed by atoms with Gasteiger partial charge in [0.2, 0.25) is 0 Å². The van der Waals surface area contributed by atoms with Crippen LogP contribution < -0.4 is 5.32 Å². The van der Waals surface area contributed by atoms with E-state index < -0.39 is 0 Å². The second-order valence-electron chi connectivity index (χ2n) is 4.55. The van der Waals surface area contributed by atoms with Gasteiger partial charge in [0.1, 0.15) is 0 Å². The predicted octanol–water partition coefficient (Wildman–Crippen LogP) is 1.62. The van der Waals surface area contributed by atoms with Crippen molar-refractivity contribution in [2.75, 3.05) is 6.54 Å². The molecule has 1 atom stereocenters. The normalized spacial score (nSPS) is 13.5. The van der Waals surface area contributed by atoms with Gasteiger partial charge in [-0.05, 0) is 20.8 Å². The molecule has 0 spiro atoms. The third-order valence-electron chi connectivity index (χ3n) is 2.38. The highest BCUT2D eigenvalue weighted by atomic mass is 15.2. The van der Waals surface area contributed by atoms with E-state index in [1.807, 2.05) is 33.3 Å². The Balaban J connectivity index is 2.51. The Morgan fingerprint density at radius 1 is 1.67 bits per heavy atom. The highest BCUT2D eigenvalue weighted by Crippen LogP contribution is 2.15. The van der Waals surface area contributed by atoms with E-state index in [1.165, 1.54) is 0 Å². The molecule has 4 nitrogen and oxygen atoms in total. The van der Waals surface area contributed by atoms with Crippen molar-refractivity contribution in [2.24, 2.45) is 12.5 Å². The monoisotopic (exact) mass is 206 g/mol. The molecule has 1 aromatic heterocycles. The van der Waals surface area contributed by atoms with Crippen LogP contribution in [0.4, 0.5) is 0 Å². The van der Waals surface area contributed by atoms with E-state index in [0.29, 0.717) is 6.54 Å². The van der Waals surface area contributed by atoms with Gasteiger partial charge < -0.3 is 5.32 Å². The summed E-state index contributed by atoms with van der Waals surface area (Å²) in [5.41, 5.74) is 0.822. The van der Waals surface area contributed by atoms with Crippen molar-refractivity contribution in [1.29, 1.82) is 5.26 Å². The lowest BCUT2D eigenvalue weighted by atomic mass is 9.95. The molecule has 1 N–H and O–H groups in total. The van der Waals surface area contributed by atoms with Crippen LogP contribution in [0.1, 0.15) is 32.4 Å². The summed E-state index contributed by atoms with van der Waals surface area (Å²) in [5.74, 6) is 0. The number of rotatable bonds is 4. The molecule has 4 heteroatoms. The van der Waals surface area contributed by atoms with Crippen molar-refractivity contribution in [2.45, 2.75) is 26.8 Å². The first kappa shape index (κ1) is 11.7. The molecule has 0 aliphatic carbocycles. The summed E-state index contributed by atoms with van der Waals surface area (Å²) in [5, 5.41) is 16.3. The van der Waals surface area contributed by atoms with Crippen molar-refractivity contribution >= 4 is 0 Å². The molecule has 0 saturated carbocycles. The number of hydrogen-bond donors (Lipinski definition) is 1. The fraction of sp³-hybridized carbons (Fsp3) is 0.636. The minimum atomic E-state index is -0.323. The third kappa shape index (κ3) is 3.37. The predicted molar refractivity (Wildman–Crippen MR) is 59.0 cm³/mol. The summed E-state index contributed by atoms with van der Waals surface area (Å²) in [6, 6.07) is 2.50. The summed E-state index contributed by atoms with van der Waals surface area (Å²) < 4.78 is 1.78. The molecule has 1 rings (SSSR count). The molecule has 1 heterocycles. The molecule has 0 saturated heterocycles. The van der Waals surface area contributed by atoms with Gasteiger partial charge >= 0.3 is 0 Å². The molecule has 15 heavy (non-hydrogen) atoms. The molecule has 0 amide bonds. The first-order valence-electron chi connectivity index (χ1n) is 5.08. The molecular weight excluding hydrogens is 188 g/mol. The van der Waals surface area contributed by atoms with Gasteiger partial charge in [0, 0.05) is 31.4 Å². The third-order valence-corrected chi connectivity index (χ3v) is 2.38. The lowest BCUT2D eigenvalue weighted by Gasteiger charge is -2.19. The van der Waals surface area contributed by atoms with Gasteiger partial charge in [0.25, 0.3) is 0 Å². The van der Waals surface area contributed by atoms with Crippen molar-refractivity contribution in [3.05, 3.63) is 18.0 Å².